The first-order valence-corrected chi connectivity index (χ1v) is 9.06. The van der Waals surface area contributed by atoms with Crippen molar-refractivity contribution in [3.05, 3.63) is 65.2 Å². The minimum Gasteiger partial charge on any atom is -0.314 e. The molecule has 4 heteroatoms. The van der Waals surface area contributed by atoms with Gasteiger partial charge in [0.25, 0.3) is 0 Å². The topological polar surface area (TPSA) is 44.0 Å². The summed E-state index contributed by atoms with van der Waals surface area (Å²) in [5.41, 5.74) is 8.89. The molecule has 0 bridgehead atoms. The molecular formula is C21H22N4. The first-order valence-electron chi connectivity index (χ1n) is 9.06. The van der Waals surface area contributed by atoms with Crippen LogP contribution in [0.3, 0.4) is 0 Å². The Hall–Kier alpha value is -2.43. The molecule has 0 radical (unpaired) electrons. The van der Waals surface area contributed by atoms with E-state index in [1.807, 2.05) is 0 Å². The number of piperazine rings is 1. The van der Waals surface area contributed by atoms with Gasteiger partial charge in [-0.05, 0) is 11.1 Å². The van der Waals surface area contributed by atoms with Crippen molar-refractivity contribution in [3.63, 3.8) is 0 Å². The lowest BCUT2D eigenvalue weighted by atomic mass is 10.0. The highest BCUT2D eigenvalue weighted by Crippen LogP contribution is 2.39. The number of nitrogens with one attached hydrogen (secondary N) is 2. The Morgan fingerprint density at radius 2 is 1.76 bits per heavy atom. The van der Waals surface area contributed by atoms with E-state index in [9.17, 15) is 0 Å². The molecule has 1 fully saturated rings. The van der Waals surface area contributed by atoms with Crippen LogP contribution in [0.1, 0.15) is 16.7 Å². The number of H-pyrrole nitrogens is 1. The van der Waals surface area contributed by atoms with Gasteiger partial charge in [0.15, 0.2) is 0 Å². The van der Waals surface area contributed by atoms with Crippen molar-refractivity contribution in [3.8, 4) is 22.5 Å². The predicted molar refractivity (Wildman–Crippen MR) is 100 cm³/mol. The van der Waals surface area contributed by atoms with Crippen LogP contribution in [-0.2, 0) is 13.0 Å². The summed E-state index contributed by atoms with van der Waals surface area (Å²) < 4.78 is 0. The molecule has 1 aliphatic carbocycles. The number of nitrogens with zero attached hydrogens (tertiary/aromatic N) is 2. The van der Waals surface area contributed by atoms with Crippen molar-refractivity contribution in [2.24, 2.45) is 0 Å². The second-order valence-corrected chi connectivity index (χ2v) is 6.98. The Balaban J connectivity index is 1.39. The summed E-state index contributed by atoms with van der Waals surface area (Å²) in [5.74, 6) is 0. The Morgan fingerprint density at radius 1 is 0.960 bits per heavy atom. The van der Waals surface area contributed by atoms with Crippen molar-refractivity contribution >= 4 is 0 Å². The number of hydrogen-bond donors (Lipinski definition) is 2. The second-order valence-electron chi connectivity index (χ2n) is 6.98. The van der Waals surface area contributed by atoms with Gasteiger partial charge in [-0.25, -0.2) is 0 Å². The Labute approximate surface area is 147 Å². The molecule has 0 unspecified atom stereocenters. The molecular weight excluding hydrogens is 308 g/mol. The van der Waals surface area contributed by atoms with Crippen LogP contribution in [0.5, 0.6) is 0 Å². The number of fused-ring (bicyclic) bond motifs is 3. The first-order chi connectivity index (χ1) is 12.4. The van der Waals surface area contributed by atoms with Crippen LogP contribution < -0.4 is 5.32 Å². The lowest BCUT2D eigenvalue weighted by molar-refractivity contribution is 0.233. The van der Waals surface area contributed by atoms with E-state index in [2.05, 4.69) is 68.9 Å². The zero-order valence-corrected chi connectivity index (χ0v) is 14.3. The van der Waals surface area contributed by atoms with Crippen LogP contribution in [-0.4, -0.2) is 41.3 Å². The number of benzene rings is 2. The van der Waals surface area contributed by atoms with Gasteiger partial charge in [0, 0.05) is 55.8 Å². The van der Waals surface area contributed by atoms with Crippen molar-refractivity contribution in [1.29, 1.82) is 0 Å². The van der Waals surface area contributed by atoms with Gasteiger partial charge in [-0.2, -0.15) is 5.10 Å². The molecule has 25 heavy (non-hydrogen) atoms. The van der Waals surface area contributed by atoms with Crippen molar-refractivity contribution in [2.45, 2.75) is 13.0 Å². The Morgan fingerprint density at radius 3 is 2.60 bits per heavy atom. The third-order valence-electron chi connectivity index (χ3n) is 5.36. The normalized spacial score (nSPS) is 16.6. The highest BCUT2D eigenvalue weighted by Gasteiger charge is 2.24. The SMILES string of the molecule is c1ccc2c(c1)Cc1c(-c3ccc(CN4CCNCC4)cc3)n[nH]c1-2. The first kappa shape index (κ1) is 14.9. The molecule has 126 valence electrons. The third kappa shape index (κ3) is 2.68. The van der Waals surface area contributed by atoms with Gasteiger partial charge in [-0.3, -0.25) is 10.00 Å². The fourth-order valence-electron chi connectivity index (χ4n) is 4.00. The molecule has 4 nitrogen and oxygen atoms in total. The summed E-state index contributed by atoms with van der Waals surface area (Å²) in [7, 11) is 0. The van der Waals surface area contributed by atoms with Gasteiger partial charge in [-0.1, -0.05) is 48.5 Å². The quantitative estimate of drug-likeness (QED) is 0.607. The summed E-state index contributed by atoms with van der Waals surface area (Å²) >= 11 is 0. The lowest BCUT2D eigenvalue weighted by Crippen LogP contribution is -2.42. The second kappa shape index (κ2) is 6.14. The van der Waals surface area contributed by atoms with Crippen molar-refractivity contribution in [1.82, 2.24) is 20.4 Å². The van der Waals surface area contributed by atoms with Gasteiger partial charge in [0.1, 0.15) is 0 Å². The molecule has 1 saturated heterocycles. The molecule has 2 aromatic carbocycles. The van der Waals surface area contributed by atoms with Gasteiger partial charge >= 0.3 is 0 Å². The molecule has 0 atom stereocenters. The van der Waals surface area contributed by atoms with E-state index >= 15 is 0 Å². The largest absolute Gasteiger partial charge is 0.314 e. The number of aromatic nitrogens is 2. The van der Waals surface area contributed by atoms with E-state index in [0.29, 0.717) is 0 Å². The Kier molecular flexibility index (Phi) is 3.65. The molecule has 3 aromatic rings. The summed E-state index contributed by atoms with van der Waals surface area (Å²) in [5, 5.41) is 11.3. The smallest absolute Gasteiger partial charge is 0.0962 e. The average molecular weight is 330 g/mol. The van der Waals surface area contributed by atoms with E-state index in [1.54, 1.807) is 0 Å². The zero-order chi connectivity index (χ0) is 16.6. The fraction of sp³-hybridized carbons (Fsp3) is 0.286. The van der Waals surface area contributed by atoms with E-state index in [4.69, 9.17) is 0 Å². The van der Waals surface area contributed by atoms with Crippen LogP contribution in [0.25, 0.3) is 22.5 Å². The molecule has 5 rings (SSSR count). The summed E-state index contributed by atoms with van der Waals surface area (Å²) in [6, 6.07) is 17.5. The maximum absolute atomic E-state index is 4.61. The summed E-state index contributed by atoms with van der Waals surface area (Å²) in [6.07, 6.45) is 0.972. The van der Waals surface area contributed by atoms with Crippen LogP contribution in [0.2, 0.25) is 0 Å². The van der Waals surface area contributed by atoms with E-state index in [-0.39, 0.29) is 0 Å². The minimum atomic E-state index is 0.972. The molecule has 2 heterocycles. The minimum absolute atomic E-state index is 0.972. The molecule has 0 saturated carbocycles. The maximum atomic E-state index is 4.61. The Bertz CT molecular complexity index is 889. The van der Waals surface area contributed by atoms with Gasteiger partial charge < -0.3 is 5.32 Å². The summed E-state index contributed by atoms with van der Waals surface area (Å²) in [4.78, 5) is 2.51. The molecule has 2 aliphatic rings. The zero-order valence-electron chi connectivity index (χ0n) is 14.3. The van der Waals surface area contributed by atoms with Crippen LogP contribution in [0, 0.1) is 0 Å². The maximum Gasteiger partial charge on any atom is 0.0962 e. The number of aromatic amines is 1. The predicted octanol–water partition coefficient (Wildman–Crippen LogP) is 3.05. The highest BCUT2D eigenvalue weighted by molar-refractivity contribution is 5.80. The van der Waals surface area contributed by atoms with E-state index in [1.165, 1.54) is 33.5 Å². The van der Waals surface area contributed by atoms with Gasteiger partial charge in [0.05, 0.1) is 11.4 Å². The molecule has 0 amide bonds. The van der Waals surface area contributed by atoms with Crippen molar-refractivity contribution < 1.29 is 0 Å². The number of hydrogen-bond acceptors (Lipinski definition) is 3. The van der Waals surface area contributed by atoms with E-state index < -0.39 is 0 Å². The van der Waals surface area contributed by atoms with Gasteiger partial charge in [-0.15, -0.1) is 0 Å². The van der Waals surface area contributed by atoms with Crippen LogP contribution in [0.4, 0.5) is 0 Å². The van der Waals surface area contributed by atoms with Crippen LogP contribution >= 0.6 is 0 Å². The van der Waals surface area contributed by atoms with E-state index in [0.717, 1.165) is 44.8 Å². The lowest BCUT2D eigenvalue weighted by Gasteiger charge is -2.27. The standard InChI is InChI=1S/C21H22N4/c1-2-4-18-17(3-1)13-19-20(23-24-21(18)19)16-7-5-15(6-8-16)14-25-11-9-22-10-12-25/h1-8,22H,9-14H2,(H,23,24). The summed E-state index contributed by atoms with van der Waals surface area (Å²) in [6.45, 7) is 5.49. The number of rotatable bonds is 3. The molecule has 0 spiro atoms. The van der Waals surface area contributed by atoms with Gasteiger partial charge in [0.2, 0.25) is 0 Å². The average Bonchev–Trinajstić information content (AvgIpc) is 3.23. The highest BCUT2D eigenvalue weighted by atomic mass is 15.2. The van der Waals surface area contributed by atoms with Crippen molar-refractivity contribution in [2.75, 3.05) is 26.2 Å². The molecule has 1 aliphatic heterocycles. The van der Waals surface area contributed by atoms with Crippen LogP contribution in [0.15, 0.2) is 48.5 Å². The fourth-order valence-corrected chi connectivity index (χ4v) is 4.00. The molecule has 1 aromatic heterocycles. The monoisotopic (exact) mass is 330 g/mol. The molecule has 2 N–H and O–H groups in total. The third-order valence-corrected chi connectivity index (χ3v) is 5.36.